The first-order valence-corrected chi connectivity index (χ1v) is 9.44. The standard InChI is InChI=1S/C19H28ClN3O.ClH/c1-22-10-12-23(13-11-22)19(8-3-2-4-9-19)15-21-18(24)16-6-5-7-17(20)14-16;/h5-7,14H,2-4,8-13,15H2,1H3,(H,21,24);1H. The number of nitrogens with zero attached hydrogens (tertiary/aromatic N) is 2. The first-order valence-electron chi connectivity index (χ1n) is 9.06. The summed E-state index contributed by atoms with van der Waals surface area (Å²) in [4.78, 5) is 17.5. The fourth-order valence-corrected chi connectivity index (χ4v) is 4.26. The lowest BCUT2D eigenvalue weighted by molar-refractivity contribution is 0.0138. The molecule has 4 nitrogen and oxygen atoms in total. The third kappa shape index (κ3) is 5.10. The van der Waals surface area contributed by atoms with E-state index in [9.17, 15) is 4.79 Å². The molecular weight excluding hydrogens is 357 g/mol. The summed E-state index contributed by atoms with van der Waals surface area (Å²) in [6.07, 6.45) is 6.22. The summed E-state index contributed by atoms with van der Waals surface area (Å²) in [7, 11) is 2.19. The highest BCUT2D eigenvalue weighted by Crippen LogP contribution is 2.34. The van der Waals surface area contributed by atoms with Crippen molar-refractivity contribution in [3.63, 3.8) is 0 Å². The summed E-state index contributed by atoms with van der Waals surface area (Å²) in [5.74, 6) is -0.0171. The molecule has 0 radical (unpaired) electrons. The minimum Gasteiger partial charge on any atom is -0.350 e. The van der Waals surface area contributed by atoms with Crippen LogP contribution in [-0.4, -0.2) is 61.0 Å². The topological polar surface area (TPSA) is 35.6 Å². The van der Waals surface area contributed by atoms with Crippen LogP contribution in [0.1, 0.15) is 42.5 Å². The Labute approximate surface area is 162 Å². The highest BCUT2D eigenvalue weighted by atomic mass is 35.5. The summed E-state index contributed by atoms with van der Waals surface area (Å²) in [5, 5.41) is 3.80. The van der Waals surface area contributed by atoms with Gasteiger partial charge in [0.15, 0.2) is 0 Å². The summed E-state index contributed by atoms with van der Waals surface area (Å²) < 4.78 is 0. The van der Waals surface area contributed by atoms with Crippen molar-refractivity contribution in [1.29, 1.82) is 0 Å². The van der Waals surface area contributed by atoms with Crippen LogP contribution in [0.3, 0.4) is 0 Å². The molecule has 1 saturated carbocycles. The number of likely N-dealkylation sites (N-methyl/N-ethyl adjacent to an activating group) is 1. The van der Waals surface area contributed by atoms with Crippen molar-refractivity contribution >= 4 is 29.9 Å². The molecule has 1 aliphatic heterocycles. The maximum atomic E-state index is 12.5. The Morgan fingerprint density at radius 3 is 2.48 bits per heavy atom. The van der Waals surface area contributed by atoms with Crippen LogP contribution in [0.15, 0.2) is 24.3 Å². The first kappa shape index (κ1) is 20.5. The average Bonchev–Trinajstić information content (AvgIpc) is 2.61. The van der Waals surface area contributed by atoms with Gasteiger partial charge in [0.1, 0.15) is 0 Å². The Kier molecular flexibility index (Phi) is 7.56. The molecular formula is C19H29Cl2N3O. The van der Waals surface area contributed by atoms with Gasteiger partial charge < -0.3 is 10.2 Å². The van der Waals surface area contributed by atoms with Gasteiger partial charge >= 0.3 is 0 Å². The van der Waals surface area contributed by atoms with Gasteiger partial charge in [0, 0.05) is 48.8 Å². The van der Waals surface area contributed by atoms with Crippen molar-refractivity contribution in [1.82, 2.24) is 15.1 Å². The molecule has 1 aliphatic carbocycles. The second-order valence-corrected chi connectivity index (χ2v) is 7.70. The van der Waals surface area contributed by atoms with Gasteiger partial charge in [0.25, 0.3) is 5.91 Å². The molecule has 0 unspecified atom stereocenters. The van der Waals surface area contributed by atoms with E-state index in [1.165, 1.54) is 32.1 Å². The molecule has 0 spiro atoms. The summed E-state index contributed by atoms with van der Waals surface area (Å²) in [6, 6.07) is 7.18. The van der Waals surface area contributed by atoms with Crippen LogP contribution in [0.4, 0.5) is 0 Å². The summed E-state index contributed by atoms with van der Waals surface area (Å²) in [6.45, 7) is 5.17. The van der Waals surface area contributed by atoms with Crippen molar-refractivity contribution < 1.29 is 4.79 Å². The Morgan fingerprint density at radius 2 is 1.84 bits per heavy atom. The van der Waals surface area contributed by atoms with E-state index >= 15 is 0 Å². The van der Waals surface area contributed by atoms with Gasteiger partial charge in [0.05, 0.1) is 0 Å². The van der Waals surface area contributed by atoms with Crippen LogP contribution in [0.2, 0.25) is 5.02 Å². The number of hydrogen-bond acceptors (Lipinski definition) is 3. The molecule has 2 fully saturated rings. The fourth-order valence-electron chi connectivity index (χ4n) is 4.07. The van der Waals surface area contributed by atoms with E-state index in [2.05, 4.69) is 22.2 Å². The molecule has 140 valence electrons. The molecule has 0 bridgehead atoms. The number of halogens is 2. The molecule has 6 heteroatoms. The van der Waals surface area contributed by atoms with E-state index < -0.39 is 0 Å². The molecule has 1 N–H and O–H groups in total. The van der Waals surface area contributed by atoms with Gasteiger partial charge in [-0.25, -0.2) is 0 Å². The highest BCUT2D eigenvalue weighted by molar-refractivity contribution is 6.30. The van der Waals surface area contributed by atoms with Crippen LogP contribution < -0.4 is 5.32 Å². The van der Waals surface area contributed by atoms with Gasteiger partial charge in [-0.1, -0.05) is 36.9 Å². The zero-order valence-corrected chi connectivity index (χ0v) is 16.5. The largest absolute Gasteiger partial charge is 0.350 e. The normalized spacial score (nSPS) is 21.4. The Morgan fingerprint density at radius 1 is 1.16 bits per heavy atom. The predicted molar refractivity (Wildman–Crippen MR) is 106 cm³/mol. The Balaban J connectivity index is 0.00000225. The van der Waals surface area contributed by atoms with E-state index in [4.69, 9.17) is 11.6 Å². The quantitative estimate of drug-likeness (QED) is 0.861. The summed E-state index contributed by atoms with van der Waals surface area (Å²) in [5.41, 5.74) is 0.778. The van der Waals surface area contributed by atoms with Gasteiger partial charge in [-0.3, -0.25) is 9.69 Å². The number of carbonyl (C=O) groups is 1. The minimum absolute atomic E-state index is 0. The molecule has 0 aromatic heterocycles. The second kappa shape index (κ2) is 9.22. The molecule has 2 aliphatic rings. The zero-order valence-electron chi connectivity index (χ0n) is 15.0. The Bertz CT molecular complexity index is 568. The molecule has 1 aromatic rings. The first-order chi connectivity index (χ1) is 11.6. The Hall–Kier alpha value is -0.810. The number of nitrogens with one attached hydrogen (secondary N) is 1. The van der Waals surface area contributed by atoms with Gasteiger partial charge in [-0.2, -0.15) is 0 Å². The smallest absolute Gasteiger partial charge is 0.251 e. The lowest BCUT2D eigenvalue weighted by Gasteiger charge is -2.49. The van der Waals surface area contributed by atoms with Gasteiger partial charge in [0.2, 0.25) is 0 Å². The number of rotatable bonds is 4. The molecule has 1 heterocycles. The number of carbonyl (C=O) groups excluding carboxylic acids is 1. The van der Waals surface area contributed by atoms with Crippen molar-refractivity contribution in [3.8, 4) is 0 Å². The van der Waals surface area contributed by atoms with E-state index in [0.29, 0.717) is 10.6 Å². The van der Waals surface area contributed by atoms with Gasteiger partial charge in [-0.05, 0) is 38.1 Å². The monoisotopic (exact) mass is 385 g/mol. The molecule has 3 rings (SSSR count). The van der Waals surface area contributed by atoms with E-state index in [1.54, 1.807) is 12.1 Å². The van der Waals surface area contributed by atoms with Crippen LogP contribution in [0.5, 0.6) is 0 Å². The lowest BCUT2D eigenvalue weighted by atomic mass is 9.79. The average molecular weight is 386 g/mol. The molecule has 25 heavy (non-hydrogen) atoms. The number of piperazine rings is 1. The highest BCUT2D eigenvalue weighted by Gasteiger charge is 2.39. The van der Waals surface area contributed by atoms with Crippen LogP contribution >= 0.6 is 24.0 Å². The molecule has 1 aromatic carbocycles. The van der Waals surface area contributed by atoms with E-state index in [1.807, 2.05) is 12.1 Å². The van der Waals surface area contributed by atoms with Crippen LogP contribution in [-0.2, 0) is 0 Å². The molecule has 1 amide bonds. The third-order valence-corrected chi connectivity index (χ3v) is 5.86. The number of hydrogen-bond donors (Lipinski definition) is 1. The van der Waals surface area contributed by atoms with E-state index in [-0.39, 0.29) is 23.9 Å². The van der Waals surface area contributed by atoms with Gasteiger partial charge in [-0.15, -0.1) is 12.4 Å². The number of amides is 1. The van der Waals surface area contributed by atoms with Crippen LogP contribution in [0.25, 0.3) is 0 Å². The maximum absolute atomic E-state index is 12.5. The second-order valence-electron chi connectivity index (χ2n) is 7.27. The number of benzene rings is 1. The summed E-state index contributed by atoms with van der Waals surface area (Å²) >= 11 is 6.01. The van der Waals surface area contributed by atoms with Crippen molar-refractivity contribution in [3.05, 3.63) is 34.9 Å². The van der Waals surface area contributed by atoms with Crippen LogP contribution in [0, 0.1) is 0 Å². The minimum atomic E-state index is -0.0171. The van der Waals surface area contributed by atoms with E-state index in [0.717, 1.165) is 32.7 Å². The SMILES string of the molecule is CN1CCN(C2(CNC(=O)c3cccc(Cl)c3)CCCCC2)CC1.Cl. The fraction of sp³-hybridized carbons (Fsp3) is 0.632. The predicted octanol–water partition coefficient (Wildman–Crippen LogP) is 3.44. The third-order valence-electron chi connectivity index (χ3n) is 5.62. The molecule has 0 atom stereocenters. The zero-order chi connectivity index (χ0) is 17.0. The van der Waals surface area contributed by atoms with Crippen molar-refractivity contribution in [2.75, 3.05) is 39.8 Å². The maximum Gasteiger partial charge on any atom is 0.251 e. The van der Waals surface area contributed by atoms with Crippen molar-refractivity contribution in [2.24, 2.45) is 0 Å². The van der Waals surface area contributed by atoms with Crippen molar-refractivity contribution in [2.45, 2.75) is 37.6 Å². The lowest BCUT2D eigenvalue weighted by Crippen LogP contribution is -2.61. The molecule has 1 saturated heterocycles.